The number of aromatic nitrogens is 1. The van der Waals surface area contributed by atoms with Crippen molar-refractivity contribution in [2.75, 3.05) is 12.1 Å². The van der Waals surface area contributed by atoms with E-state index in [0.29, 0.717) is 17.3 Å². The van der Waals surface area contributed by atoms with Gasteiger partial charge in [0, 0.05) is 21.8 Å². The third-order valence-corrected chi connectivity index (χ3v) is 4.55. The Balaban J connectivity index is 1.56. The third kappa shape index (κ3) is 3.13. The van der Waals surface area contributed by atoms with Crippen molar-refractivity contribution in [2.45, 2.75) is 0 Å². The lowest BCUT2D eigenvalue weighted by Gasteiger charge is -2.09. The molecule has 0 fully saturated rings. The van der Waals surface area contributed by atoms with E-state index in [9.17, 15) is 9.18 Å². The maximum absolute atomic E-state index is 13.7. The second kappa shape index (κ2) is 6.76. The van der Waals surface area contributed by atoms with Gasteiger partial charge in [-0.2, -0.15) is 0 Å². The predicted octanol–water partition coefficient (Wildman–Crippen LogP) is 4.63. The molecule has 2 heterocycles. The summed E-state index contributed by atoms with van der Waals surface area (Å²) in [6.45, 7) is 0.199. The highest BCUT2D eigenvalue weighted by atomic mass is 79.9. The zero-order valence-electron chi connectivity index (χ0n) is 13.3. The lowest BCUT2D eigenvalue weighted by atomic mass is 10.1. The van der Waals surface area contributed by atoms with E-state index in [0.717, 1.165) is 15.6 Å². The zero-order valence-corrected chi connectivity index (χ0v) is 14.9. The van der Waals surface area contributed by atoms with E-state index in [1.54, 1.807) is 18.3 Å². The number of fused-ring (bicyclic) bond motifs is 1. The quantitative estimate of drug-likeness (QED) is 0.678. The number of pyridine rings is 1. The minimum absolute atomic E-state index is 0.0307. The number of benzene rings is 2. The van der Waals surface area contributed by atoms with Gasteiger partial charge in [0.1, 0.15) is 11.6 Å². The summed E-state index contributed by atoms with van der Waals surface area (Å²) in [5.74, 6) is 0.555. The first kappa shape index (κ1) is 16.5. The minimum Gasteiger partial charge on any atom is -0.454 e. The fourth-order valence-corrected chi connectivity index (χ4v) is 3.15. The molecule has 0 radical (unpaired) electrons. The predicted molar refractivity (Wildman–Crippen MR) is 97.8 cm³/mol. The van der Waals surface area contributed by atoms with Crippen LogP contribution in [-0.2, 0) is 0 Å². The van der Waals surface area contributed by atoms with Crippen molar-refractivity contribution in [3.63, 3.8) is 0 Å². The van der Waals surface area contributed by atoms with E-state index in [1.165, 1.54) is 18.2 Å². The molecule has 0 bridgehead atoms. The molecule has 3 aromatic rings. The monoisotopic (exact) mass is 414 g/mol. The molecule has 0 atom stereocenters. The summed E-state index contributed by atoms with van der Waals surface area (Å²) >= 11 is 3.51. The van der Waals surface area contributed by atoms with Crippen molar-refractivity contribution in [3.05, 3.63) is 70.6 Å². The Morgan fingerprint density at radius 2 is 1.88 bits per heavy atom. The smallest absolute Gasteiger partial charge is 0.259 e. The Morgan fingerprint density at radius 3 is 2.62 bits per heavy atom. The number of ether oxygens (including phenoxy) is 2. The van der Waals surface area contributed by atoms with Crippen LogP contribution in [0.15, 0.2) is 59.2 Å². The zero-order chi connectivity index (χ0) is 18.1. The number of rotatable bonds is 3. The first-order chi connectivity index (χ1) is 12.6. The molecule has 0 aliphatic carbocycles. The van der Waals surface area contributed by atoms with Crippen molar-refractivity contribution >= 4 is 27.7 Å². The summed E-state index contributed by atoms with van der Waals surface area (Å²) in [5.41, 5.74) is 1.68. The van der Waals surface area contributed by atoms with Crippen molar-refractivity contribution in [1.82, 2.24) is 4.98 Å². The maximum atomic E-state index is 13.7. The highest BCUT2D eigenvalue weighted by molar-refractivity contribution is 9.10. The molecule has 0 saturated carbocycles. The summed E-state index contributed by atoms with van der Waals surface area (Å²) in [5, 5.41) is 2.59. The normalized spacial score (nSPS) is 12.1. The number of hydrogen-bond acceptors (Lipinski definition) is 4. The van der Waals surface area contributed by atoms with E-state index < -0.39 is 11.7 Å². The Bertz CT molecular complexity index is 993. The Labute approximate surface area is 156 Å². The van der Waals surface area contributed by atoms with E-state index >= 15 is 0 Å². The van der Waals surface area contributed by atoms with Gasteiger partial charge in [0.2, 0.25) is 6.79 Å². The number of amides is 1. The maximum Gasteiger partial charge on any atom is 0.259 e. The standard InChI is InChI=1S/C19H12BrFN2O3/c20-14-8-17-16(25-10-26-17)7-13(14)11-5-6-18(22-9-11)23-19(24)12-3-1-2-4-15(12)21/h1-9H,10H2,(H,22,23,24). The van der Waals surface area contributed by atoms with Gasteiger partial charge < -0.3 is 14.8 Å². The third-order valence-electron chi connectivity index (χ3n) is 3.90. The lowest BCUT2D eigenvalue weighted by molar-refractivity contribution is 0.102. The number of nitrogens with one attached hydrogen (secondary N) is 1. The first-order valence-corrected chi connectivity index (χ1v) is 8.52. The van der Waals surface area contributed by atoms with Gasteiger partial charge in [0.05, 0.1) is 5.56 Å². The van der Waals surface area contributed by atoms with Crippen LogP contribution in [-0.4, -0.2) is 17.7 Å². The molecular weight excluding hydrogens is 403 g/mol. The van der Waals surface area contributed by atoms with Crippen LogP contribution in [0, 0.1) is 5.82 Å². The molecule has 4 rings (SSSR count). The molecule has 7 heteroatoms. The van der Waals surface area contributed by atoms with Gasteiger partial charge in [-0.3, -0.25) is 4.79 Å². The van der Waals surface area contributed by atoms with Crippen LogP contribution >= 0.6 is 15.9 Å². The topological polar surface area (TPSA) is 60.5 Å². The molecule has 0 spiro atoms. The molecule has 0 saturated heterocycles. The van der Waals surface area contributed by atoms with Gasteiger partial charge in [0.15, 0.2) is 11.5 Å². The van der Waals surface area contributed by atoms with Gasteiger partial charge in [-0.15, -0.1) is 0 Å². The second-order valence-electron chi connectivity index (χ2n) is 5.55. The molecule has 5 nitrogen and oxygen atoms in total. The number of anilines is 1. The van der Waals surface area contributed by atoms with Crippen molar-refractivity contribution in [3.8, 4) is 22.6 Å². The molecule has 2 aromatic carbocycles. The molecule has 1 amide bonds. The summed E-state index contributed by atoms with van der Waals surface area (Å²) in [6, 6.07) is 13.0. The molecule has 1 aliphatic heterocycles. The largest absolute Gasteiger partial charge is 0.454 e. The van der Waals surface area contributed by atoms with Crippen LogP contribution in [0.5, 0.6) is 11.5 Å². The van der Waals surface area contributed by atoms with Crippen LogP contribution in [0.25, 0.3) is 11.1 Å². The van der Waals surface area contributed by atoms with Gasteiger partial charge >= 0.3 is 0 Å². The number of hydrogen-bond donors (Lipinski definition) is 1. The molecule has 1 aliphatic rings. The van der Waals surface area contributed by atoms with Crippen LogP contribution < -0.4 is 14.8 Å². The summed E-state index contributed by atoms with van der Waals surface area (Å²) in [7, 11) is 0. The molecule has 1 N–H and O–H groups in total. The Morgan fingerprint density at radius 1 is 1.12 bits per heavy atom. The van der Waals surface area contributed by atoms with E-state index in [4.69, 9.17) is 9.47 Å². The molecule has 0 unspecified atom stereocenters. The highest BCUT2D eigenvalue weighted by Crippen LogP contribution is 2.40. The van der Waals surface area contributed by atoms with Crippen LogP contribution in [0.4, 0.5) is 10.2 Å². The van der Waals surface area contributed by atoms with Crippen LogP contribution in [0.2, 0.25) is 0 Å². The average Bonchev–Trinajstić information content (AvgIpc) is 3.09. The van der Waals surface area contributed by atoms with Crippen molar-refractivity contribution in [2.24, 2.45) is 0 Å². The fourth-order valence-electron chi connectivity index (χ4n) is 2.59. The molecule has 26 heavy (non-hydrogen) atoms. The summed E-state index contributed by atoms with van der Waals surface area (Å²) in [4.78, 5) is 16.4. The van der Waals surface area contributed by atoms with Crippen LogP contribution in [0.1, 0.15) is 10.4 Å². The molecular formula is C19H12BrFN2O3. The van der Waals surface area contributed by atoms with E-state index in [1.807, 2.05) is 18.2 Å². The van der Waals surface area contributed by atoms with Crippen molar-refractivity contribution in [1.29, 1.82) is 0 Å². The minimum atomic E-state index is -0.578. The number of halogens is 2. The summed E-state index contributed by atoms with van der Waals surface area (Å²) in [6.07, 6.45) is 1.62. The van der Waals surface area contributed by atoms with Gasteiger partial charge in [-0.25, -0.2) is 9.37 Å². The highest BCUT2D eigenvalue weighted by Gasteiger charge is 2.17. The van der Waals surface area contributed by atoms with E-state index in [-0.39, 0.29) is 12.4 Å². The van der Waals surface area contributed by atoms with Crippen molar-refractivity contribution < 1.29 is 18.7 Å². The van der Waals surface area contributed by atoms with Gasteiger partial charge in [0.25, 0.3) is 5.91 Å². The number of carbonyl (C=O) groups excluding carboxylic acids is 1. The first-order valence-electron chi connectivity index (χ1n) is 7.73. The fraction of sp³-hybridized carbons (Fsp3) is 0.0526. The number of nitrogens with zero attached hydrogens (tertiary/aromatic N) is 1. The SMILES string of the molecule is O=C(Nc1ccc(-c2cc3c(cc2Br)OCO3)cn1)c1ccccc1F. The van der Waals surface area contributed by atoms with Crippen LogP contribution in [0.3, 0.4) is 0 Å². The molecule has 130 valence electrons. The van der Waals surface area contributed by atoms with Gasteiger partial charge in [-0.1, -0.05) is 28.1 Å². The van der Waals surface area contributed by atoms with E-state index in [2.05, 4.69) is 26.2 Å². The lowest BCUT2D eigenvalue weighted by Crippen LogP contribution is -2.14. The Hall–Kier alpha value is -2.93. The summed E-state index contributed by atoms with van der Waals surface area (Å²) < 4.78 is 25.2. The Kier molecular flexibility index (Phi) is 4.30. The molecule has 1 aromatic heterocycles. The number of carbonyl (C=O) groups is 1. The average molecular weight is 415 g/mol. The van der Waals surface area contributed by atoms with Gasteiger partial charge in [-0.05, 0) is 36.4 Å². The second-order valence-corrected chi connectivity index (χ2v) is 6.41.